The lowest BCUT2D eigenvalue weighted by atomic mass is 10.3. The number of hydrogen-bond acceptors (Lipinski definition) is 5. The molecule has 0 saturated carbocycles. The molecule has 0 unspecified atom stereocenters. The van der Waals surface area contributed by atoms with Crippen LogP contribution in [0.15, 0.2) is 10.6 Å². The third-order valence-electron chi connectivity index (χ3n) is 1.70. The summed E-state index contributed by atoms with van der Waals surface area (Å²) in [5.74, 6) is 4.33. The summed E-state index contributed by atoms with van der Waals surface area (Å²) in [7, 11) is 0. The summed E-state index contributed by atoms with van der Waals surface area (Å²) in [5.41, 5.74) is 1.76. The van der Waals surface area contributed by atoms with Crippen LogP contribution in [-0.2, 0) is 11.3 Å². The van der Waals surface area contributed by atoms with E-state index < -0.39 is 25.1 Å². The van der Waals surface area contributed by atoms with Crippen LogP contribution in [0.2, 0.25) is 0 Å². The lowest BCUT2D eigenvalue weighted by molar-refractivity contribution is -0.146. The molecule has 3 N–H and O–H groups in total. The molecule has 0 aliphatic heterocycles. The van der Waals surface area contributed by atoms with Gasteiger partial charge < -0.3 is 9.26 Å². The molecule has 96 valence electrons. The van der Waals surface area contributed by atoms with Gasteiger partial charge in [-0.3, -0.25) is 10.2 Å². The van der Waals surface area contributed by atoms with Gasteiger partial charge in [0, 0.05) is 6.07 Å². The van der Waals surface area contributed by atoms with Gasteiger partial charge in [-0.2, -0.15) is 13.2 Å². The first-order chi connectivity index (χ1) is 7.92. The minimum absolute atomic E-state index is 0.0677. The van der Waals surface area contributed by atoms with Crippen molar-refractivity contribution < 1.29 is 27.2 Å². The lowest BCUT2D eigenvalue weighted by Crippen LogP contribution is -2.30. The Morgan fingerprint density at radius 3 is 2.88 bits per heavy atom. The molecule has 1 heterocycles. The first-order valence-electron chi connectivity index (χ1n) is 4.53. The molecule has 9 heteroatoms. The number of nitrogen functional groups attached to an aromatic ring is 1. The molecule has 0 aliphatic rings. The maximum atomic E-state index is 11.8. The summed E-state index contributed by atoms with van der Waals surface area (Å²) in [6.07, 6.45) is -5.30. The number of nitrogens with one attached hydrogen (secondary N) is 1. The van der Waals surface area contributed by atoms with Gasteiger partial charge in [-0.15, -0.1) is 0 Å². The van der Waals surface area contributed by atoms with Crippen molar-refractivity contribution in [2.24, 2.45) is 5.84 Å². The Bertz CT molecular complexity index is 378. The van der Waals surface area contributed by atoms with E-state index in [1.807, 2.05) is 5.43 Å². The van der Waals surface area contributed by atoms with Crippen LogP contribution in [0.25, 0.3) is 0 Å². The number of nitrogens with two attached hydrogens (primary N) is 1. The third kappa shape index (κ3) is 4.83. The number of amides is 1. The molecule has 0 aromatic carbocycles. The van der Waals surface area contributed by atoms with Gasteiger partial charge in [0.15, 0.2) is 11.5 Å². The van der Waals surface area contributed by atoms with Gasteiger partial charge >= 0.3 is 6.18 Å². The minimum Gasteiger partial charge on any atom is -0.373 e. The van der Waals surface area contributed by atoms with Crippen LogP contribution in [0.5, 0.6) is 0 Å². The van der Waals surface area contributed by atoms with Crippen molar-refractivity contribution in [3.05, 3.63) is 17.5 Å². The van der Waals surface area contributed by atoms with Crippen molar-refractivity contribution in [1.29, 1.82) is 0 Å². The monoisotopic (exact) mass is 253 g/mol. The van der Waals surface area contributed by atoms with Gasteiger partial charge in [-0.1, -0.05) is 5.16 Å². The zero-order valence-corrected chi connectivity index (χ0v) is 8.58. The Labute approximate surface area is 93.9 Å². The van der Waals surface area contributed by atoms with E-state index in [9.17, 15) is 18.0 Å². The highest BCUT2D eigenvalue weighted by Gasteiger charge is 2.26. The molecule has 1 aromatic heterocycles. The van der Waals surface area contributed by atoms with Gasteiger partial charge in [-0.05, 0) is 0 Å². The van der Waals surface area contributed by atoms with Crippen molar-refractivity contribution in [3.8, 4) is 0 Å². The van der Waals surface area contributed by atoms with E-state index in [1.165, 1.54) is 6.07 Å². The van der Waals surface area contributed by atoms with E-state index in [2.05, 4.69) is 9.68 Å². The fourth-order valence-electron chi connectivity index (χ4n) is 0.923. The average molecular weight is 253 g/mol. The van der Waals surface area contributed by atoms with Gasteiger partial charge in [0.25, 0.3) is 5.91 Å². The first-order valence-corrected chi connectivity index (χ1v) is 4.53. The number of hydrogen-bond donors (Lipinski definition) is 2. The van der Waals surface area contributed by atoms with Gasteiger partial charge in [0.05, 0.1) is 13.0 Å². The predicted octanol–water partition coefficient (Wildman–Crippen LogP) is 0.747. The van der Waals surface area contributed by atoms with E-state index in [0.717, 1.165) is 0 Å². The topological polar surface area (TPSA) is 90.4 Å². The zero-order chi connectivity index (χ0) is 12.9. The second kappa shape index (κ2) is 5.64. The molecular weight excluding hydrogens is 243 g/mol. The van der Waals surface area contributed by atoms with E-state index in [4.69, 9.17) is 10.6 Å². The number of aromatic nitrogens is 1. The largest absolute Gasteiger partial charge is 0.391 e. The molecule has 0 radical (unpaired) electrons. The van der Waals surface area contributed by atoms with Crippen molar-refractivity contribution in [3.63, 3.8) is 0 Å². The number of hydrazine groups is 1. The van der Waals surface area contributed by atoms with Crippen LogP contribution >= 0.6 is 0 Å². The molecule has 6 nitrogen and oxygen atoms in total. The van der Waals surface area contributed by atoms with Gasteiger partial charge in [0.2, 0.25) is 0 Å². The number of carbonyl (C=O) groups is 1. The van der Waals surface area contributed by atoms with E-state index >= 15 is 0 Å². The summed E-state index contributed by atoms with van der Waals surface area (Å²) < 4.78 is 44.6. The highest BCUT2D eigenvalue weighted by atomic mass is 19.4. The van der Waals surface area contributed by atoms with Crippen molar-refractivity contribution in [1.82, 2.24) is 10.6 Å². The van der Waals surface area contributed by atoms with Crippen molar-refractivity contribution in [2.75, 3.05) is 6.61 Å². The summed E-state index contributed by atoms with van der Waals surface area (Å²) >= 11 is 0. The van der Waals surface area contributed by atoms with Crippen LogP contribution < -0.4 is 11.3 Å². The van der Waals surface area contributed by atoms with Crippen molar-refractivity contribution >= 4 is 5.91 Å². The van der Waals surface area contributed by atoms with E-state index in [1.54, 1.807) is 0 Å². The zero-order valence-electron chi connectivity index (χ0n) is 8.58. The summed E-state index contributed by atoms with van der Waals surface area (Å²) in [5, 5.41) is 3.35. The van der Waals surface area contributed by atoms with Crippen LogP contribution in [0.4, 0.5) is 13.2 Å². The van der Waals surface area contributed by atoms with E-state index in [-0.39, 0.29) is 18.1 Å². The highest BCUT2D eigenvalue weighted by molar-refractivity contribution is 5.91. The van der Waals surface area contributed by atoms with Gasteiger partial charge in [0.1, 0.15) is 6.61 Å². The standard InChI is InChI=1S/C8H10F3N3O3/c9-8(10,11)1-2-16-4-5-3-6(14-17-5)7(15)13-12/h3H,1-2,4,12H2,(H,13,15). The Morgan fingerprint density at radius 1 is 1.59 bits per heavy atom. The number of rotatable bonds is 5. The predicted molar refractivity (Wildman–Crippen MR) is 48.5 cm³/mol. The number of halogens is 3. The summed E-state index contributed by atoms with van der Waals surface area (Å²) in [6, 6.07) is 1.23. The quantitative estimate of drug-likeness (QED) is 0.349. The molecule has 0 aliphatic carbocycles. The molecule has 1 rings (SSSR count). The molecule has 0 bridgehead atoms. The molecule has 0 fully saturated rings. The number of nitrogens with zero attached hydrogens (tertiary/aromatic N) is 1. The first kappa shape index (κ1) is 13.5. The maximum Gasteiger partial charge on any atom is 0.391 e. The molecule has 0 atom stereocenters. The normalized spacial score (nSPS) is 11.5. The summed E-state index contributed by atoms with van der Waals surface area (Å²) in [6.45, 7) is -0.677. The molecule has 17 heavy (non-hydrogen) atoms. The molecule has 1 amide bonds. The van der Waals surface area contributed by atoms with Crippen LogP contribution in [0, 0.1) is 0 Å². The molecular formula is C8H10F3N3O3. The SMILES string of the molecule is NNC(=O)c1cc(COCCC(F)(F)F)on1. The Hall–Kier alpha value is -1.61. The number of carbonyl (C=O) groups excluding carboxylic acids is 1. The second-order valence-electron chi connectivity index (χ2n) is 3.07. The average Bonchev–Trinajstić information content (AvgIpc) is 2.70. The van der Waals surface area contributed by atoms with Crippen LogP contribution in [0.3, 0.4) is 0 Å². The highest BCUT2D eigenvalue weighted by Crippen LogP contribution is 2.19. The minimum atomic E-state index is -4.26. The van der Waals surface area contributed by atoms with Gasteiger partial charge in [-0.25, -0.2) is 5.84 Å². The Kier molecular flexibility index (Phi) is 4.46. The second-order valence-corrected chi connectivity index (χ2v) is 3.07. The van der Waals surface area contributed by atoms with E-state index in [0.29, 0.717) is 0 Å². The van der Waals surface area contributed by atoms with Crippen LogP contribution in [0.1, 0.15) is 22.7 Å². The Morgan fingerprint density at radius 2 is 2.29 bits per heavy atom. The molecule has 0 saturated heterocycles. The Balaban J connectivity index is 2.33. The summed E-state index contributed by atoms with van der Waals surface area (Å²) in [4.78, 5) is 10.9. The lowest BCUT2D eigenvalue weighted by Gasteiger charge is -2.05. The van der Waals surface area contributed by atoms with Crippen molar-refractivity contribution in [2.45, 2.75) is 19.2 Å². The fraction of sp³-hybridized carbons (Fsp3) is 0.500. The fourth-order valence-corrected chi connectivity index (χ4v) is 0.923. The van der Waals surface area contributed by atoms with Crippen LogP contribution in [-0.4, -0.2) is 23.8 Å². The number of alkyl halides is 3. The number of ether oxygens (including phenoxy) is 1. The smallest absolute Gasteiger partial charge is 0.373 e. The molecule has 0 spiro atoms. The molecule has 1 aromatic rings. The third-order valence-corrected chi connectivity index (χ3v) is 1.70. The maximum absolute atomic E-state index is 11.8.